The van der Waals surface area contributed by atoms with Crippen molar-refractivity contribution < 1.29 is 4.74 Å². The van der Waals surface area contributed by atoms with Crippen molar-refractivity contribution in [2.45, 2.75) is 0 Å². The van der Waals surface area contributed by atoms with Crippen LogP contribution < -0.4 is 0 Å². The number of ether oxygens (including phenoxy) is 1. The predicted octanol–water partition coefficient (Wildman–Crippen LogP) is 2.42. The van der Waals surface area contributed by atoms with E-state index >= 15 is 0 Å². The fourth-order valence-corrected chi connectivity index (χ4v) is 0.711. The summed E-state index contributed by atoms with van der Waals surface area (Å²) in [6.07, 6.45) is 3.58. The Morgan fingerprint density at radius 3 is 2.36 bits per heavy atom. The van der Waals surface area contributed by atoms with Gasteiger partial charge in [0.25, 0.3) is 0 Å². The first kappa shape index (κ1) is 10.1. The average Bonchev–Trinajstić information content (AvgIpc) is 2.03. The van der Waals surface area contributed by atoms with Crippen molar-refractivity contribution in [1.82, 2.24) is 0 Å². The molecule has 0 bridgehead atoms. The highest BCUT2D eigenvalue weighted by Crippen LogP contribution is 1.99. The standard InChI is InChI=1S/C9H10O.H2S/c1-10-8-7-9-5-3-2-4-6-9;/h2-8H,1H3;1H2. The minimum atomic E-state index is 0. The van der Waals surface area contributed by atoms with E-state index in [1.807, 2.05) is 36.4 Å². The van der Waals surface area contributed by atoms with Gasteiger partial charge in [0.2, 0.25) is 0 Å². The van der Waals surface area contributed by atoms with Crippen molar-refractivity contribution >= 4 is 19.6 Å². The third-order valence-electron chi connectivity index (χ3n) is 1.20. The monoisotopic (exact) mass is 168 g/mol. The highest BCUT2D eigenvalue weighted by atomic mass is 32.1. The zero-order valence-corrected chi connectivity index (χ0v) is 7.45. The highest BCUT2D eigenvalue weighted by molar-refractivity contribution is 7.59. The molecule has 1 nitrogen and oxygen atoms in total. The SMILES string of the molecule is COC=Cc1ccccc1.S. The van der Waals surface area contributed by atoms with Gasteiger partial charge >= 0.3 is 0 Å². The van der Waals surface area contributed by atoms with E-state index in [-0.39, 0.29) is 13.5 Å². The van der Waals surface area contributed by atoms with E-state index in [1.165, 1.54) is 0 Å². The van der Waals surface area contributed by atoms with Crippen LogP contribution in [0.1, 0.15) is 5.56 Å². The van der Waals surface area contributed by atoms with Crippen LogP contribution in [0.15, 0.2) is 36.6 Å². The molecule has 0 fully saturated rings. The summed E-state index contributed by atoms with van der Waals surface area (Å²) in [4.78, 5) is 0. The first-order chi connectivity index (χ1) is 4.93. The molecular weight excluding hydrogens is 156 g/mol. The van der Waals surface area contributed by atoms with Gasteiger partial charge in [0.15, 0.2) is 0 Å². The van der Waals surface area contributed by atoms with Crippen molar-refractivity contribution in [2.24, 2.45) is 0 Å². The first-order valence-corrected chi connectivity index (χ1v) is 3.18. The second-order valence-electron chi connectivity index (χ2n) is 1.95. The lowest BCUT2D eigenvalue weighted by Crippen LogP contribution is -1.69. The maximum atomic E-state index is 4.77. The van der Waals surface area contributed by atoms with E-state index in [0.717, 1.165) is 5.56 Å². The molecule has 0 aliphatic rings. The van der Waals surface area contributed by atoms with Crippen LogP contribution in [0.25, 0.3) is 6.08 Å². The maximum Gasteiger partial charge on any atom is 0.0830 e. The molecule has 0 amide bonds. The van der Waals surface area contributed by atoms with Gasteiger partial charge in [-0.15, -0.1) is 0 Å². The summed E-state index contributed by atoms with van der Waals surface area (Å²) in [6, 6.07) is 10.0. The molecule has 60 valence electrons. The number of rotatable bonds is 2. The van der Waals surface area contributed by atoms with E-state index < -0.39 is 0 Å². The molecule has 0 heterocycles. The van der Waals surface area contributed by atoms with E-state index in [2.05, 4.69) is 0 Å². The van der Waals surface area contributed by atoms with Crippen molar-refractivity contribution in [2.75, 3.05) is 7.11 Å². The molecule has 0 aliphatic heterocycles. The lowest BCUT2D eigenvalue weighted by Gasteiger charge is -1.89. The van der Waals surface area contributed by atoms with Gasteiger partial charge in [-0.3, -0.25) is 0 Å². The minimum Gasteiger partial charge on any atom is -0.504 e. The van der Waals surface area contributed by atoms with Crippen molar-refractivity contribution in [3.8, 4) is 0 Å². The van der Waals surface area contributed by atoms with E-state index in [9.17, 15) is 0 Å². The zero-order chi connectivity index (χ0) is 7.23. The third-order valence-corrected chi connectivity index (χ3v) is 1.20. The van der Waals surface area contributed by atoms with Gasteiger partial charge in [0.1, 0.15) is 0 Å². The van der Waals surface area contributed by atoms with Gasteiger partial charge < -0.3 is 4.74 Å². The van der Waals surface area contributed by atoms with Gasteiger partial charge in [-0.1, -0.05) is 30.3 Å². The Kier molecular flexibility index (Phi) is 5.39. The second-order valence-corrected chi connectivity index (χ2v) is 1.95. The molecule has 0 aromatic heterocycles. The van der Waals surface area contributed by atoms with Gasteiger partial charge in [0.05, 0.1) is 13.4 Å². The van der Waals surface area contributed by atoms with Crippen LogP contribution in [0.2, 0.25) is 0 Å². The molecular formula is C9H12OS. The predicted molar refractivity (Wildman–Crippen MR) is 52.9 cm³/mol. The number of hydrogen-bond donors (Lipinski definition) is 0. The number of benzene rings is 1. The minimum absolute atomic E-state index is 0. The second kappa shape index (κ2) is 5.86. The molecule has 0 atom stereocenters. The van der Waals surface area contributed by atoms with Crippen LogP contribution in [-0.2, 0) is 4.74 Å². The van der Waals surface area contributed by atoms with Gasteiger partial charge in [-0.25, -0.2) is 0 Å². The Morgan fingerprint density at radius 1 is 1.18 bits per heavy atom. The summed E-state index contributed by atoms with van der Waals surface area (Å²) in [5.74, 6) is 0. The number of methoxy groups -OCH3 is 1. The summed E-state index contributed by atoms with van der Waals surface area (Å²) in [6.45, 7) is 0. The lowest BCUT2D eigenvalue weighted by atomic mass is 10.2. The Bertz CT molecular complexity index is 206. The number of hydrogen-bond acceptors (Lipinski definition) is 1. The van der Waals surface area contributed by atoms with Gasteiger partial charge in [-0.2, -0.15) is 13.5 Å². The topological polar surface area (TPSA) is 9.23 Å². The Hall–Kier alpha value is -0.890. The fourth-order valence-electron chi connectivity index (χ4n) is 0.711. The molecule has 0 aliphatic carbocycles. The normalized spacial score (nSPS) is 9.18. The molecule has 0 spiro atoms. The molecule has 0 saturated carbocycles. The van der Waals surface area contributed by atoms with Gasteiger partial charge in [-0.05, 0) is 11.6 Å². The van der Waals surface area contributed by atoms with E-state index in [1.54, 1.807) is 13.4 Å². The molecule has 0 N–H and O–H groups in total. The summed E-state index contributed by atoms with van der Waals surface area (Å²) in [7, 11) is 1.64. The van der Waals surface area contributed by atoms with Gasteiger partial charge in [0, 0.05) is 0 Å². The Morgan fingerprint density at radius 2 is 1.82 bits per heavy atom. The molecule has 1 aromatic carbocycles. The molecule has 1 aromatic rings. The summed E-state index contributed by atoms with van der Waals surface area (Å²) < 4.78 is 4.77. The molecule has 2 heteroatoms. The maximum absolute atomic E-state index is 4.77. The third kappa shape index (κ3) is 3.73. The smallest absolute Gasteiger partial charge is 0.0830 e. The summed E-state index contributed by atoms with van der Waals surface area (Å²) in [5, 5.41) is 0. The highest BCUT2D eigenvalue weighted by Gasteiger charge is 1.79. The molecule has 1 rings (SSSR count). The van der Waals surface area contributed by atoms with E-state index in [0.29, 0.717) is 0 Å². The Balaban J connectivity index is 0.000001000. The fraction of sp³-hybridized carbons (Fsp3) is 0.111. The van der Waals surface area contributed by atoms with Crippen LogP contribution >= 0.6 is 13.5 Å². The summed E-state index contributed by atoms with van der Waals surface area (Å²) in [5.41, 5.74) is 1.16. The molecule has 11 heavy (non-hydrogen) atoms. The van der Waals surface area contributed by atoms with Crippen LogP contribution in [0.4, 0.5) is 0 Å². The van der Waals surface area contributed by atoms with Crippen molar-refractivity contribution in [3.63, 3.8) is 0 Å². The van der Waals surface area contributed by atoms with Crippen LogP contribution in [0, 0.1) is 0 Å². The first-order valence-electron chi connectivity index (χ1n) is 3.18. The van der Waals surface area contributed by atoms with Crippen LogP contribution in [0.3, 0.4) is 0 Å². The average molecular weight is 168 g/mol. The molecule has 0 saturated heterocycles. The quantitative estimate of drug-likeness (QED) is 0.616. The van der Waals surface area contributed by atoms with Crippen LogP contribution in [-0.4, -0.2) is 7.11 Å². The van der Waals surface area contributed by atoms with E-state index in [4.69, 9.17) is 4.74 Å². The summed E-state index contributed by atoms with van der Waals surface area (Å²) >= 11 is 0. The molecule has 0 radical (unpaired) electrons. The zero-order valence-electron chi connectivity index (χ0n) is 6.45. The largest absolute Gasteiger partial charge is 0.504 e. The lowest BCUT2D eigenvalue weighted by molar-refractivity contribution is 0.341. The molecule has 0 unspecified atom stereocenters. The van der Waals surface area contributed by atoms with Crippen LogP contribution in [0.5, 0.6) is 0 Å². The van der Waals surface area contributed by atoms with Crippen molar-refractivity contribution in [1.29, 1.82) is 0 Å². The van der Waals surface area contributed by atoms with Crippen molar-refractivity contribution in [3.05, 3.63) is 42.2 Å². The Labute approximate surface area is 74.1 Å².